The Hall–Kier alpha value is -1.84. The van der Waals surface area contributed by atoms with Crippen molar-refractivity contribution in [3.05, 3.63) is 35.4 Å². The van der Waals surface area contributed by atoms with Crippen LogP contribution in [0, 0.1) is 12.8 Å². The molecule has 0 unspecified atom stereocenters. The minimum absolute atomic E-state index is 0.132. The summed E-state index contributed by atoms with van der Waals surface area (Å²) in [6.45, 7) is 2.36. The van der Waals surface area contributed by atoms with Gasteiger partial charge in [0.15, 0.2) is 0 Å². The van der Waals surface area contributed by atoms with Crippen molar-refractivity contribution in [2.24, 2.45) is 5.92 Å². The monoisotopic (exact) mass is 394 g/mol. The van der Waals surface area contributed by atoms with Crippen LogP contribution in [0.5, 0.6) is 0 Å². The Bertz CT molecular complexity index is 856. The van der Waals surface area contributed by atoms with E-state index in [4.69, 9.17) is 0 Å². The fourth-order valence-corrected chi connectivity index (χ4v) is 4.98. The first-order chi connectivity index (χ1) is 12.4. The number of carbonyl (C=O) groups excluding carboxylic acids is 1. The molecule has 0 aliphatic heterocycles. The number of carbonyl (C=O) groups is 1. The number of nitrogens with zero attached hydrogens (tertiary/aromatic N) is 2. The van der Waals surface area contributed by atoms with Gasteiger partial charge in [-0.05, 0) is 37.8 Å². The molecule has 2 aromatic rings. The Morgan fingerprint density at radius 2 is 1.85 bits per heavy atom. The topological polar surface area (TPSA) is 101 Å². The Morgan fingerprint density at radius 1 is 1.15 bits per heavy atom. The summed E-state index contributed by atoms with van der Waals surface area (Å²) in [7, 11) is -3.70. The van der Waals surface area contributed by atoms with Crippen molar-refractivity contribution in [3.8, 4) is 0 Å². The number of nitrogens with one attached hydrogen (secondary N) is 2. The molecule has 1 heterocycles. The zero-order chi connectivity index (χ0) is 18.6. The summed E-state index contributed by atoms with van der Waals surface area (Å²) in [5.74, 6) is 0.0346. The molecule has 7 nitrogen and oxygen atoms in total. The van der Waals surface area contributed by atoms with E-state index in [0.29, 0.717) is 18.0 Å². The van der Waals surface area contributed by atoms with Crippen molar-refractivity contribution in [1.82, 2.24) is 14.9 Å². The van der Waals surface area contributed by atoms with Crippen LogP contribution in [0.1, 0.15) is 48.0 Å². The van der Waals surface area contributed by atoms with Gasteiger partial charge in [-0.1, -0.05) is 48.3 Å². The molecule has 1 amide bonds. The fraction of sp³-hybridized carbons (Fsp3) is 0.471. The van der Waals surface area contributed by atoms with Gasteiger partial charge in [0.05, 0.1) is 0 Å². The van der Waals surface area contributed by atoms with Crippen molar-refractivity contribution < 1.29 is 13.2 Å². The third-order valence-electron chi connectivity index (χ3n) is 4.46. The second kappa shape index (κ2) is 8.24. The first-order valence-corrected chi connectivity index (χ1v) is 11.0. The largest absolute Gasteiger partial charge is 0.296 e. The molecule has 0 atom stereocenters. The molecular weight excluding hydrogens is 372 g/mol. The van der Waals surface area contributed by atoms with Gasteiger partial charge >= 0.3 is 0 Å². The lowest BCUT2D eigenvalue weighted by molar-refractivity contribution is 0.102. The summed E-state index contributed by atoms with van der Waals surface area (Å²) >= 11 is 0.848. The predicted octanol–water partition coefficient (Wildman–Crippen LogP) is 2.96. The highest BCUT2D eigenvalue weighted by molar-refractivity contribution is 7.91. The number of amides is 1. The molecule has 0 saturated heterocycles. The van der Waals surface area contributed by atoms with Gasteiger partial charge in [-0.25, -0.2) is 13.1 Å². The molecule has 0 bridgehead atoms. The molecule has 1 aliphatic rings. The quantitative estimate of drug-likeness (QED) is 0.734. The lowest BCUT2D eigenvalue weighted by Crippen LogP contribution is -2.30. The van der Waals surface area contributed by atoms with Gasteiger partial charge in [0, 0.05) is 12.1 Å². The number of hydrogen-bond acceptors (Lipinski definition) is 6. The smallest absolute Gasteiger partial charge is 0.269 e. The van der Waals surface area contributed by atoms with Crippen LogP contribution in [0.15, 0.2) is 28.6 Å². The Balaban J connectivity index is 1.60. The number of anilines is 1. The summed E-state index contributed by atoms with van der Waals surface area (Å²) in [4.78, 5) is 12.2. The van der Waals surface area contributed by atoms with Crippen LogP contribution >= 0.6 is 11.3 Å². The van der Waals surface area contributed by atoms with Crippen molar-refractivity contribution in [1.29, 1.82) is 0 Å². The lowest BCUT2D eigenvalue weighted by Gasteiger charge is -2.21. The molecule has 1 aliphatic carbocycles. The second-order valence-electron chi connectivity index (χ2n) is 6.55. The van der Waals surface area contributed by atoms with Gasteiger partial charge in [0.25, 0.3) is 15.9 Å². The lowest BCUT2D eigenvalue weighted by atomic mass is 9.90. The summed E-state index contributed by atoms with van der Waals surface area (Å²) in [5, 5.41) is 10.2. The van der Waals surface area contributed by atoms with Gasteiger partial charge in [-0.15, -0.1) is 10.2 Å². The van der Waals surface area contributed by atoms with Crippen molar-refractivity contribution in [2.75, 3.05) is 11.9 Å². The minimum Gasteiger partial charge on any atom is -0.296 e. The molecule has 2 N–H and O–H groups in total. The summed E-state index contributed by atoms with van der Waals surface area (Å²) < 4.78 is 27.2. The Kier molecular flexibility index (Phi) is 6.00. The van der Waals surface area contributed by atoms with E-state index in [2.05, 4.69) is 20.2 Å². The first kappa shape index (κ1) is 18.9. The molecule has 9 heteroatoms. The summed E-state index contributed by atoms with van der Waals surface area (Å²) in [5.41, 5.74) is 1.53. The van der Waals surface area contributed by atoms with Crippen molar-refractivity contribution >= 4 is 32.4 Å². The Morgan fingerprint density at radius 3 is 2.54 bits per heavy atom. The highest BCUT2D eigenvalue weighted by atomic mass is 32.2. The third kappa shape index (κ3) is 4.87. The molecule has 1 saturated carbocycles. The van der Waals surface area contributed by atoms with Crippen LogP contribution in [0.2, 0.25) is 0 Å². The first-order valence-electron chi connectivity index (χ1n) is 8.65. The Labute approximate surface area is 157 Å². The molecule has 26 heavy (non-hydrogen) atoms. The molecule has 140 valence electrons. The van der Waals surface area contributed by atoms with Crippen LogP contribution in [-0.2, 0) is 10.0 Å². The van der Waals surface area contributed by atoms with Gasteiger partial charge in [-0.3, -0.25) is 10.1 Å². The second-order valence-corrected chi connectivity index (χ2v) is 9.47. The molecule has 0 spiro atoms. The third-order valence-corrected chi connectivity index (χ3v) is 7.09. The number of rotatable bonds is 6. The standard InChI is InChI=1S/C17H22N4O3S2/c1-12-7-9-14(10-8-12)15(22)19-16-20-21-17(25-16)26(23,24)18-11-13-5-3-2-4-6-13/h7-10,13,18H,2-6,11H2,1H3,(H,19,20,22). The van der Waals surface area contributed by atoms with E-state index in [0.717, 1.165) is 42.6 Å². The normalized spacial score (nSPS) is 15.7. The fourth-order valence-electron chi connectivity index (χ4n) is 2.92. The molecule has 1 aromatic carbocycles. The highest BCUT2D eigenvalue weighted by Crippen LogP contribution is 2.24. The maximum atomic E-state index is 12.4. The maximum Gasteiger partial charge on any atom is 0.269 e. The van der Waals surface area contributed by atoms with E-state index in [9.17, 15) is 13.2 Å². The van der Waals surface area contributed by atoms with Crippen LogP contribution in [0.4, 0.5) is 5.13 Å². The SMILES string of the molecule is Cc1ccc(C(=O)Nc2nnc(S(=O)(=O)NCC3CCCCC3)s2)cc1. The average molecular weight is 395 g/mol. The zero-order valence-electron chi connectivity index (χ0n) is 14.6. The van der Waals surface area contributed by atoms with Gasteiger partial charge in [-0.2, -0.15) is 0 Å². The van der Waals surface area contributed by atoms with Crippen molar-refractivity contribution in [2.45, 2.75) is 43.4 Å². The molecular formula is C17H22N4O3S2. The van der Waals surface area contributed by atoms with Crippen LogP contribution in [0.25, 0.3) is 0 Å². The minimum atomic E-state index is -3.70. The number of aryl methyl sites for hydroxylation is 1. The maximum absolute atomic E-state index is 12.4. The number of hydrogen-bond donors (Lipinski definition) is 2. The van der Waals surface area contributed by atoms with E-state index >= 15 is 0 Å². The van der Waals surface area contributed by atoms with E-state index < -0.39 is 10.0 Å². The van der Waals surface area contributed by atoms with E-state index in [1.807, 2.05) is 19.1 Å². The van der Waals surface area contributed by atoms with Crippen LogP contribution in [-0.4, -0.2) is 31.1 Å². The van der Waals surface area contributed by atoms with E-state index in [-0.39, 0.29) is 15.4 Å². The van der Waals surface area contributed by atoms with Crippen LogP contribution in [0.3, 0.4) is 0 Å². The number of benzene rings is 1. The molecule has 1 aromatic heterocycles. The molecule has 3 rings (SSSR count). The van der Waals surface area contributed by atoms with Crippen LogP contribution < -0.4 is 10.0 Å². The summed E-state index contributed by atoms with van der Waals surface area (Å²) in [6, 6.07) is 7.07. The van der Waals surface area contributed by atoms with E-state index in [1.165, 1.54) is 6.42 Å². The zero-order valence-corrected chi connectivity index (χ0v) is 16.2. The van der Waals surface area contributed by atoms with Gasteiger partial charge < -0.3 is 0 Å². The van der Waals surface area contributed by atoms with Crippen molar-refractivity contribution in [3.63, 3.8) is 0 Å². The predicted molar refractivity (Wildman–Crippen MR) is 101 cm³/mol. The molecule has 1 fully saturated rings. The van der Waals surface area contributed by atoms with E-state index in [1.54, 1.807) is 12.1 Å². The number of sulfonamides is 1. The number of aromatic nitrogens is 2. The highest BCUT2D eigenvalue weighted by Gasteiger charge is 2.23. The average Bonchev–Trinajstić information content (AvgIpc) is 3.11. The molecule has 0 radical (unpaired) electrons. The van der Waals surface area contributed by atoms with Gasteiger partial charge in [0.2, 0.25) is 9.47 Å². The summed E-state index contributed by atoms with van der Waals surface area (Å²) in [6.07, 6.45) is 5.64. The van der Waals surface area contributed by atoms with Gasteiger partial charge in [0.1, 0.15) is 0 Å².